The summed E-state index contributed by atoms with van der Waals surface area (Å²) in [5, 5.41) is 3.95. The van der Waals surface area contributed by atoms with Crippen molar-refractivity contribution in [1.82, 2.24) is 14.7 Å². The molecule has 0 spiro atoms. The molecule has 0 N–H and O–H groups in total. The van der Waals surface area contributed by atoms with Gasteiger partial charge in [0, 0.05) is 26.3 Å². The van der Waals surface area contributed by atoms with Crippen LogP contribution >= 0.6 is 0 Å². The predicted octanol–water partition coefficient (Wildman–Crippen LogP) is 2.52. The van der Waals surface area contributed by atoms with Crippen LogP contribution in [0.15, 0.2) is 21.6 Å². The second-order valence-electron chi connectivity index (χ2n) is 9.96. The number of hydrogen-bond donors (Lipinski definition) is 0. The zero-order valence-corrected chi connectivity index (χ0v) is 20.6. The Morgan fingerprint density at radius 3 is 2.39 bits per heavy atom. The SMILES string of the molecule is COc1ncc(B2OC(C)(C)C(C)(C)O2)cc1-c1noc(=O)n1COCC[Si](C)(C)C. The lowest BCUT2D eigenvalue weighted by Crippen LogP contribution is -2.41. The van der Waals surface area contributed by atoms with Crippen molar-refractivity contribution in [1.29, 1.82) is 0 Å². The Hall–Kier alpha value is -1.95. The molecule has 0 atom stereocenters. The third-order valence-corrected chi connectivity index (χ3v) is 7.44. The van der Waals surface area contributed by atoms with Gasteiger partial charge < -0.3 is 18.8 Å². The van der Waals surface area contributed by atoms with E-state index in [0.717, 1.165) is 6.04 Å². The van der Waals surface area contributed by atoms with Gasteiger partial charge in [-0.05, 0) is 39.8 Å². The minimum atomic E-state index is -1.24. The molecule has 11 heteroatoms. The summed E-state index contributed by atoms with van der Waals surface area (Å²) >= 11 is 0. The fourth-order valence-electron chi connectivity index (χ4n) is 3.01. The van der Waals surface area contributed by atoms with Gasteiger partial charge in [0.25, 0.3) is 0 Å². The quantitative estimate of drug-likeness (QED) is 0.448. The van der Waals surface area contributed by atoms with Crippen LogP contribution < -0.4 is 16.0 Å². The van der Waals surface area contributed by atoms with Gasteiger partial charge in [-0.15, -0.1) is 0 Å². The highest BCUT2D eigenvalue weighted by Gasteiger charge is 2.52. The first-order chi connectivity index (χ1) is 14.3. The summed E-state index contributed by atoms with van der Waals surface area (Å²) in [5.74, 6) is -0.0174. The number of methoxy groups -OCH3 is 1. The number of aromatic nitrogens is 3. The summed E-state index contributed by atoms with van der Waals surface area (Å²) in [6.07, 6.45) is 1.64. The van der Waals surface area contributed by atoms with E-state index in [1.54, 1.807) is 12.3 Å². The molecule has 2 aromatic rings. The van der Waals surface area contributed by atoms with Gasteiger partial charge in [-0.25, -0.2) is 14.3 Å². The van der Waals surface area contributed by atoms with Crippen molar-refractivity contribution in [3.8, 4) is 17.3 Å². The Morgan fingerprint density at radius 2 is 1.81 bits per heavy atom. The van der Waals surface area contributed by atoms with Crippen molar-refractivity contribution in [3.05, 3.63) is 22.8 Å². The summed E-state index contributed by atoms with van der Waals surface area (Å²) in [4.78, 5) is 16.6. The molecular weight excluding hydrogens is 417 g/mol. The average molecular weight is 449 g/mol. The predicted molar refractivity (Wildman–Crippen MR) is 120 cm³/mol. The van der Waals surface area contributed by atoms with E-state index in [1.807, 2.05) is 27.7 Å². The molecule has 31 heavy (non-hydrogen) atoms. The van der Waals surface area contributed by atoms with Crippen LogP contribution in [0.2, 0.25) is 25.7 Å². The zero-order valence-electron chi connectivity index (χ0n) is 19.6. The lowest BCUT2D eigenvalue weighted by Gasteiger charge is -2.32. The highest BCUT2D eigenvalue weighted by molar-refractivity contribution is 6.76. The lowest BCUT2D eigenvalue weighted by molar-refractivity contribution is 0.00578. The van der Waals surface area contributed by atoms with Crippen molar-refractivity contribution in [2.24, 2.45) is 0 Å². The van der Waals surface area contributed by atoms with Gasteiger partial charge in [0.05, 0.1) is 23.9 Å². The number of rotatable bonds is 8. The van der Waals surface area contributed by atoms with Crippen LogP contribution in [-0.4, -0.2) is 54.8 Å². The number of nitrogens with zero attached hydrogens (tertiary/aromatic N) is 3. The van der Waals surface area contributed by atoms with Crippen LogP contribution in [0.3, 0.4) is 0 Å². The Balaban J connectivity index is 1.89. The Bertz CT molecular complexity index is 966. The molecule has 2 aromatic heterocycles. The first-order valence-electron chi connectivity index (χ1n) is 10.4. The molecule has 0 radical (unpaired) electrons. The van der Waals surface area contributed by atoms with E-state index in [-0.39, 0.29) is 12.6 Å². The van der Waals surface area contributed by atoms with E-state index < -0.39 is 32.2 Å². The van der Waals surface area contributed by atoms with Crippen molar-refractivity contribution in [3.63, 3.8) is 0 Å². The summed E-state index contributed by atoms with van der Waals surface area (Å²) in [7, 11) is -0.343. The van der Waals surface area contributed by atoms with E-state index in [9.17, 15) is 4.79 Å². The molecule has 0 aliphatic carbocycles. The molecule has 3 rings (SSSR count). The van der Waals surface area contributed by atoms with Crippen molar-refractivity contribution >= 4 is 20.7 Å². The average Bonchev–Trinajstić information content (AvgIpc) is 3.13. The van der Waals surface area contributed by atoms with E-state index in [0.29, 0.717) is 23.5 Å². The monoisotopic (exact) mass is 449 g/mol. The van der Waals surface area contributed by atoms with Gasteiger partial charge in [0.2, 0.25) is 5.88 Å². The highest BCUT2D eigenvalue weighted by atomic mass is 28.3. The fourth-order valence-corrected chi connectivity index (χ4v) is 3.77. The number of ether oxygens (including phenoxy) is 2. The Labute approximate surface area is 184 Å². The summed E-state index contributed by atoms with van der Waals surface area (Å²) in [5.41, 5.74) is 0.209. The van der Waals surface area contributed by atoms with Gasteiger partial charge in [-0.3, -0.25) is 4.52 Å². The van der Waals surface area contributed by atoms with Crippen LogP contribution in [0.5, 0.6) is 5.88 Å². The minimum absolute atomic E-state index is 0.0337. The third kappa shape index (κ3) is 5.11. The highest BCUT2D eigenvalue weighted by Crippen LogP contribution is 2.37. The first kappa shape index (κ1) is 23.7. The molecule has 3 heterocycles. The minimum Gasteiger partial charge on any atom is -0.480 e. The van der Waals surface area contributed by atoms with Gasteiger partial charge in [-0.1, -0.05) is 24.8 Å². The molecular formula is C20H32BN3O6Si. The summed E-state index contributed by atoms with van der Waals surface area (Å²) < 4.78 is 29.7. The van der Waals surface area contributed by atoms with Crippen molar-refractivity contribution < 1.29 is 23.3 Å². The fraction of sp³-hybridized carbons (Fsp3) is 0.650. The van der Waals surface area contributed by atoms with Gasteiger partial charge in [0.15, 0.2) is 5.82 Å². The Morgan fingerprint density at radius 1 is 1.16 bits per heavy atom. The maximum absolute atomic E-state index is 12.3. The second-order valence-corrected chi connectivity index (χ2v) is 15.6. The van der Waals surface area contributed by atoms with E-state index in [1.165, 1.54) is 11.7 Å². The molecule has 0 unspecified atom stereocenters. The van der Waals surface area contributed by atoms with Crippen LogP contribution in [-0.2, 0) is 20.8 Å². The molecule has 9 nitrogen and oxygen atoms in total. The zero-order chi connectivity index (χ0) is 23.0. The van der Waals surface area contributed by atoms with Gasteiger partial charge in [-0.2, -0.15) is 0 Å². The Kier molecular flexibility index (Phi) is 6.53. The third-order valence-electron chi connectivity index (χ3n) is 5.73. The van der Waals surface area contributed by atoms with E-state index in [2.05, 4.69) is 29.8 Å². The lowest BCUT2D eigenvalue weighted by atomic mass is 9.79. The smallest absolute Gasteiger partial charge is 0.480 e. The molecule has 170 valence electrons. The van der Waals surface area contributed by atoms with E-state index in [4.69, 9.17) is 23.3 Å². The first-order valence-corrected chi connectivity index (χ1v) is 14.1. The largest absolute Gasteiger partial charge is 0.496 e. The van der Waals surface area contributed by atoms with Crippen LogP contribution in [0.4, 0.5) is 0 Å². The van der Waals surface area contributed by atoms with Crippen LogP contribution in [0, 0.1) is 0 Å². The van der Waals surface area contributed by atoms with Crippen molar-refractivity contribution in [2.75, 3.05) is 13.7 Å². The molecule has 0 bridgehead atoms. The van der Waals surface area contributed by atoms with E-state index >= 15 is 0 Å². The van der Waals surface area contributed by atoms with Crippen LogP contribution in [0.25, 0.3) is 11.4 Å². The number of pyridine rings is 1. The maximum Gasteiger partial charge on any atom is 0.496 e. The number of hydrogen-bond acceptors (Lipinski definition) is 8. The summed E-state index contributed by atoms with van der Waals surface area (Å²) in [6.45, 7) is 15.3. The van der Waals surface area contributed by atoms with Gasteiger partial charge in [0.1, 0.15) is 6.73 Å². The summed E-state index contributed by atoms with van der Waals surface area (Å²) in [6, 6.07) is 2.79. The molecule has 1 fully saturated rings. The molecule has 0 aromatic carbocycles. The molecule has 0 saturated carbocycles. The molecule has 1 aliphatic heterocycles. The second kappa shape index (κ2) is 8.53. The topological polar surface area (TPSA) is 97.8 Å². The van der Waals surface area contributed by atoms with Crippen LogP contribution in [0.1, 0.15) is 27.7 Å². The maximum atomic E-state index is 12.3. The molecule has 1 saturated heterocycles. The normalized spacial score (nSPS) is 17.9. The van der Waals surface area contributed by atoms with Gasteiger partial charge >= 0.3 is 12.9 Å². The van der Waals surface area contributed by atoms with Crippen molar-refractivity contribution in [2.45, 2.75) is 71.3 Å². The molecule has 0 amide bonds. The standard InChI is InChI=1S/C20H32BN3O6Si/c1-19(2)20(3,4)30-21(29-19)14-11-15(17(26-5)22-12-14)16-23-28-18(25)24(16)13-27-9-10-31(6,7)8/h11-12H,9-10,13H2,1-8H3. The molecule has 1 aliphatic rings.